The number of hydrogen-bond donors (Lipinski definition) is 0. The van der Waals surface area contributed by atoms with Gasteiger partial charge in [0.15, 0.2) is 0 Å². The fraction of sp³-hybridized carbons (Fsp3) is 0.400. The van der Waals surface area contributed by atoms with Gasteiger partial charge in [0, 0.05) is 22.3 Å². The summed E-state index contributed by atoms with van der Waals surface area (Å²) in [6.07, 6.45) is 2.19. The summed E-state index contributed by atoms with van der Waals surface area (Å²) in [5.74, 6) is 3.34. The molecule has 0 amide bonds. The summed E-state index contributed by atoms with van der Waals surface area (Å²) in [6.45, 7) is 0. The summed E-state index contributed by atoms with van der Waals surface area (Å²) in [5.41, 5.74) is 1.57. The molecule has 1 atom stereocenters. The van der Waals surface area contributed by atoms with Gasteiger partial charge in [0.05, 0.1) is 0 Å². The van der Waals surface area contributed by atoms with E-state index in [0.29, 0.717) is 0 Å². The van der Waals surface area contributed by atoms with Crippen molar-refractivity contribution in [2.45, 2.75) is 10.8 Å². The number of benzene rings is 1. The molecule has 1 heterocycles. The van der Waals surface area contributed by atoms with Gasteiger partial charge in [-0.3, -0.25) is 0 Å². The Morgan fingerprint density at radius 2 is 2.33 bits per heavy atom. The van der Waals surface area contributed by atoms with E-state index in [1.165, 1.54) is 16.4 Å². The van der Waals surface area contributed by atoms with Gasteiger partial charge in [-0.1, -0.05) is 18.2 Å². The Bertz CT molecular complexity index is 268. The molecule has 1 aromatic carbocycles. The molecule has 2 heteroatoms. The highest BCUT2D eigenvalue weighted by atomic mass is 32.2. The zero-order valence-electron chi connectivity index (χ0n) is 7.12. The Balaban J connectivity index is 2.24. The summed E-state index contributed by atoms with van der Waals surface area (Å²) >= 11 is 3.95. The third kappa shape index (κ3) is 1.50. The van der Waals surface area contributed by atoms with E-state index in [1.54, 1.807) is 5.56 Å². The third-order valence-electron chi connectivity index (χ3n) is 2.17. The quantitative estimate of drug-likeness (QED) is 0.712. The smallest absolute Gasteiger partial charge is 0.0108 e. The van der Waals surface area contributed by atoms with Crippen LogP contribution in [0.1, 0.15) is 11.5 Å². The lowest BCUT2D eigenvalue weighted by molar-refractivity contribution is 0.898. The Morgan fingerprint density at radius 1 is 1.50 bits per heavy atom. The van der Waals surface area contributed by atoms with Crippen molar-refractivity contribution in [3.8, 4) is 0 Å². The molecule has 12 heavy (non-hydrogen) atoms. The van der Waals surface area contributed by atoms with E-state index >= 15 is 0 Å². The highest BCUT2D eigenvalue weighted by Crippen LogP contribution is 2.40. The second-order valence-corrected chi connectivity index (χ2v) is 4.97. The van der Waals surface area contributed by atoms with Crippen molar-refractivity contribution in [1.82, 2.24) is 0 Å². The third-order valence-corrected chi connectivity index (χ3v) is 4.15. The Hall–Kier alpha value is -0.0800. The van der Waals surface area contributed by atoms with Crippen LogP contribution in [0.4, 0.5) is 0 Å². The van der Waals surface area contributed by atoms with E-state index in [2.05, 4.69) is 30.5 Å². The molecule has 0 saturated carbocycles. The van der Waals surface area contributed by atoms with Crippen molar-refractivity contribution in [3.63, 3.8) is 0 Å². The lowest BCUT2D eigenvalue weighted by Crippen LogP contribution is -1.98. The first-order valence-electron chi connectivity index (χ1n) is 4.12. The molecular weight excluding hydrogens is 184 g/mol. The topological polar surface area (TPSA) is 0 Å². The van der Waals surface area contributed by atoms with Crippen molar-refractivity contribution >= 4 is 23.5 Å². The fourth-order valence-electron chi connectivity index (χ4n) is 1.57. The molecule has 0 N–H and O–H groups in total. The van der Waals surface area contributed by atoms with Crippen molar-refractivity contribution in [1.29, 1.82) is 0 Å². The van der Waals surface area contributed by atoms with E-state index < -0.39 is 0 Å². The Labute approximate surface area is 82.1 Å². The van der Waals surface area contributed by atoms with Crippen LogP contribution in [0.25, 0.3) is 0 Å². The molecule has 64 valence electrons. The van der Waals surface area contributed by atoms with Crippen molar-refractivity contribution in [2.75, 3.05) is 17.8 Å². The van der Waals surface area contributed by atoms with Gasteiger partial charge >= 0.3 is 0 Å². The molecule has 0 nitrogen and oxygen atoms in total. The summed E-state index contributed by atoms with van der Waals surface area (Å²) in [6, 6.07) is 8.79. The minimum Gasteiger partial charge on any atom is -0.165 e. The molecule has 0 aliphatic carbocycles. The van der Waals surface area contributed by atoms with Crippen LogP contribution in [0.5, 0.6) is 0 Å². The lowest BCUT2D eigenvalue weighted by atomic mass is 10.0. The predicted octanol–water partition coefficient (Wildman–Crippen LogP) is 3.24. The maximum Gasteiger partial charge on any atom is 0.0108 e. The molecule has 0 radical (unpaired) electrons. The standard InChI is InChI=1S/C10H12S2/c1-11-6-8-7-12-10-5-3-2-4-9(8)10/h2-5,8H,6-7H2,1H3. The van der Waals surface area contributed by atoms with E-state index in [4.69, 9.17) is 0 Å². The van der Waals surface area contributed by atoms with Crippen LogP contribution in [-0.4, -0.2) is 17.8 Å². The van der Waals surface area contributed by atoms with Crippen LogP contribution < -0.4 is 0 Å². The first kappa shape index (κ1) is 8.52. The normalized spacial score (nSPS) is 20.9. The van der Waals surface area contributed by atoms with Crippen LogP contribution in [-0.2, 0) is 0 Å². The fourth-order valence-corrected chi connectivity index (χ4v) is 3.67. The Morgan fingerprint density at radius 3 is 3.17 bits per heavy atom. The lowest BCUT2D eigenvalue weighted by Gasteiger charge is -2.07. The van der Waals surface area contributed by atoms with E-state index in [1.807, 2.05) is 23.5 Å². The largest absolute Gasteiger partial charge is 0.165 e. The van der Waals surface area contributed by atoms with E-state index in [0.717, 1.165) is 5.92 Å². The van der Waals surface area contributed by atoms with Crippen LogP contribution >= 0.6 is 23.5 Å². The molecule has 0 aromatic heterocycles. The minimum atomic E-state index is 0.793. The van der Waals surface area contributed by atoms with Gasteiger partial charge in [-0.2, -0.15) is 11.8 Å². The average molecular weight is 196 g/mol. The number of rotatable bonds is 2. The van der Waals surface area contributed by atoms with Crippen molar-refractivity contribution in [3.05, 3.63) is 29.8 Å². The van der Waals surface area contributed by atoms with Crippen LogP contribution in [0.15, 0.2) is 29.2 Å². The van der Waals surface area contributed by atoms with Gasteiger partial charge < -0.3 is 0 Å². The summed E-state index contributed by atoms with van der Waals surface area (Å²) in [7, 11) is 0. The van der Waals surface area contributed by atoms with Crippen LogP contribution in [0.2, 0.25) is 0 Å². The van der Waals surface area contributed by atoms with Gasteiger partial charge in [0.25, 0.3) is 0 Å². The molecule has 0 saturated heterocycles. The minimum absolute atomic E-state index is 0.793. The summed E-state index contributed by atoms with van der Waals surface area (Å²) in [5, 5.41) is 0. The molecule has 0 spiro atoms. The van der Waals surface area contributed by atoms with Crippen LogP contribution in [0, 0.1) is 0 Å². The molecule has 1 unspecified atom stereocenters. The molecule has 1 aromatic rings. The molecule has 2 rings (SSSR count). The Kier molecular flexibility index (Phi) is 2.66. The summed E-state index contributed by atoms with van der Waals surface area (Å²) < 4.78 is 0. The highest BCUT2D eigenvalue weighted by molar-refractivity contribution is 8.00. The monoisotopic (exact) mass is 196 g/mol. The SMILES string of the molecule is CSCC1CSc2ccccc21. The van der Waals surface area contributed by atoms with Gasteiger partial charge in [0.1, 0.15) is 0 Å². The van der Waals surface area contributed by atoms with Gasteiger partial charge in [-0.15, -0.1) is 11.8 Å². The highest BCUT2D eigenvalue weighted by Gasteiger charge is 2.21. The number of thioether (sulfide) groups is 2. The van der Waals surface area contributed by atoms with Crippen molar-refractivity contribution < 1.29 is 0 Å². The van der Waals surface area contributed by atoms with Gasteiger partial charge in [0.2, 0.25) is 0 Å². The second-order valence-electron chi connectivity index (χ2n) is 3.00. The zero-order chi connectivity index (χ0) is 8.39. The maximum atomic E-state index is 2.27. The zero-order valence-corrected chi connectivity index (χ0v) is 8.75. The van der Waals surface area contributed by atoms with Gasteiger partial charge in [-0.25, -0.2) is 0 Å². The van der Waals surface area contributed by atoms with Gasteiger partial charge in [-0.05, 0) is 17.9 Å². The molecule has 0 bridgehead atoms. The maximum absolute atomic E-state index is 2.27. The first-order chi connectivity index (χ1) is 5.92. The molecule has 1 aliphatic heterocycles. The molecular formula is C10H12S2. The molecule has 0 fully saturated rings. The number of hydrogen-bond acceptors (Lipinski definition) is 2. The average Bonchev–Trinajstić information content (AvgIpc) is 2.50. The van der Waals surface area contributed by atoms with E-state index in [9.17, 15) is 0 Å². The first-order valence-corrected chi connectivity index (χ1v) is 6.50. The second kappa shape index (κ2) is 3.75. The summed E-state index contributed by atoms with van der Waals surface area (Å²) in [4.78, 5) is 1.50. The number of fused-ring (bicyclic) bond motifs is 1. The van der Waals surface area contributed by atoms with E-state index in [-0.39, 0.29) is 0 Å². The molecule has 1 aliphatic rings. The predicted molar refractivity (Wildman–Crippen MR) is 58.3 cm³/mol. The van der Waals surface area contributed by atoms with Crippen LogP contribution in [0.3, 0.4) is 0 Å². The van der Waals surface area contributed by atoms with Crippen molar-refractivity contribution in [2.24, 2.45) is 0 Å².